The maximum atomic E-state index is 12.0. The third-order valence-corrected chi connectivity index (χ3v) is 5.75. The third kappa shape index (κ3) is 7.01. The Balaban J connectivity index is 2.08. The molecule has 13 heteroatoms. The van der Waals surface area contributed by atoms with Gasteiger partial charge in [0.05, 0.1) is 5.02 Å². The van der Waals surface area contributed by atoms with Gasteiger partial charge in [-0.05, 0) is 18.1 Å². The van der Waals surface area contributed by atoms with E-state index >= 15 is 0 Å². The summed E-state index contributed by atoms with van der Waals surface area (Å²) in [5.41, 5.74) is 0.311. The quantitative estimate of drug-likeness (QED) is 0.267. The zero-order valence-electron chi connectivity index (χ0n) is 21.3. The average Bonchev–Trinajstić information content (AvgIpc) is 2.81. The minimum atomic E-state index is -1.49. The number of carbonyl (C=O) groups is 4. The first kappa shape index (κ1) is 28.9. The van der Waals surface area contributed by atoms with Gasteiger partial charge < -0.3 is 32.8 Å². The highest BCUT2D eigenvalue weighted by Gasteiger charge is 2.53. The SMILES string of the molecule is CCc1cc(=O)oc2cc(O[C@H]3O[C@@H](COC(C)=O)[C@H](OC(C)=O)[C@H](OC(C)=O)[C@H]3OC(C)=O)c(Cl)cc12. The topological polar surface area (TPSA) is 154 Å². The summed E-state index contributed by atoms with van der Waals surface area (Å²) in [5.74, 6) is -3.00. The Morgan fingerprint density at radius 1 is 0.868 bits per heavy atom. The van der Waals surface area contributed by atoms with Crippen LogP contribution >= 0.6 is 11.6 Å². The van der Waals surface area contributed by atoms with Crippen LogP contribution in [0.1, 0.15) is 40.2 Å². The van der Waals surface area contributed by atoms with Crippen molar-refractivity contribution in [1.29, 1.82) is 0 Å². The second-order valence-electron chi connectivity index (χ2n) is 8.41. The monoisotopic (exact) mass is 554 g/mol. The molecule has 0 unspecified atom stereocenters. The van der Waals surface area contributed by atoms with Crippen LogP contribution in [0.4, 0.5) is 0 Å². The predicted molar refractivity (Wildman–Crippen MR) is 129 cm³/mol. The number of ether oxygens (including phenoxy) is 6. The summed E-state index contributed by atoms with van der Waals surface area (Å²) in [6, 6.07) is 4.27. The van der Waals surface area contributed by atoms with Crippen molar-refractivity contribution < 1.29 is 52.0 Å². The van der Waals surface area contributed by atoms with Gasteiger partial charge in [-0.1, -0.05) is 18.5 Å². The molecule has 12 nitrogen and oxygen atoms in total. The van der Waals surface area contributed by atoms with Crippen molar-refractivity contribution in [2.24, 2.45) is 0 Å². The number of hydrogen-bond donors (Lipinski definition) is 0. The van der Waals surface area contributed by atoms with Crippen molar-refractivity contribution >= 4 is 46.4 Å². The van der Waals surface area contributed by atoms with Crippen molar-refractivity contribution in [3.8, 4) is 5.75 Å². The fourth-order valence-electron chi connectivity index (χ4n) is 4.02. The Morgan fingerprint density at radius 2 is 1.47 bits per heavy atom. The van der Waals surface area contributed by atoms with Crippen LogP contribution in [0.3, 0.4) is 0 Å². The molecule has 1 aromatic heterocycles. The van der Waals surface area contributed by atoms with Gasteiger partial charge in [-0.25, -0.2) is 4.79 Å². The van der Waals surface area contributed by atoms with E-state index in [-0.39, 0.29) is 16.4 Å². The van der Waals surface area contributed by atoms with Gasteiger partial charge in [0.2, 0.25) is 12.4 Å². The van der Waals surface area contributed by atoms with Gasteiger partial charge in [0, 0.05) is 45.2 Å². The molecule has 0 N–H and O–H groups in total. The van der Waals surface area contributed by atoms with Gasteiger partial charge in [0.15, 0.2) is 12.2 Å². The molecule has 5 atom stereocenters. The average molecular weight is 555 g/mol. The third-order valence-electron chi connectivity index (χ3n) is 5.45. The van der Waals surface area contributed by atoms with Crippen molar-refractivity contribution in [3.05, 3.63) is 39.2 Å². The van der Waals surface area contributed by atoms with Crippen LogP contribution in [0.25, 0.3) is 11.0 Å². The number of carbonyl (C=O) groups excluding carboxylic acids is 4. The predicted octanol–water partition coefficient (Wildman–Crippen LogP) is 2.47. The maximum absolute atomic E-state index is 12.0. The summed E-state index contributed by atoms with van der Waals surface area (Å²) in [7, 11) is 0. The van der Waals surface area contributed by atoms with Crippen LogP contribution in [-0.2, 0) is 49.3 Å². The number of halogens is 1. The highest BCUT2D eigenvalue weighted by atomic mass is 35.5. The van der Waals surface area contributed by atoms with Gasteiger partial charge in [-0.15, -0.1) is 0 Å². The standard InChI is InChI=1S/C25H27ClO12/c1-6-15-7-21(31)36-18-9-19(17(26)8-16(15)18)37-25-24(35-14(5)30)23(34-13(4)29)22(33-12(3)28)20(38-25)10-32-11(2)27/h7-9,20,22-25H,6,10H2,1-5H3/t20-,22-,23-,24+,25-/m0/s1. The zero-order valence-corrected chi connectivity index (χ0v) is 22.1. The lowest BCUT2D eigenvalue weighted by Crippen LogP contribution is -2.63. The summed E-state index contributed by atoms with van der Waals surface area (Å²) in [4.78, 5) is 59.3. The Kier molecular flexibility index (Phi) is 9.34. The summed E-state index contributed by atoms with van der Waals surface area (Å²) in [6.45, 7) is 5.94. The minimum absolute atomic E-state index is 0.0172. The van der Waals surface area contributed by atoms with Crippen LogP contribution in [0.5, 0.6) is 5.75 Å². The lowest BCUT2D eigenvalue weighted by Gasteiger charge is -2.43. The highest BCUT2D eigenvalue weighted by molar-refractivity contribution is 6.32. The molecule has 0 radical (unpaired) electrons. The Morgan fingerprint density at radius 3 is 2.05 bits per heavy atom. The molecule has 2 aromatic rings. The molecule has 0 bridgehead atoms. The molecule has 0 aliphatic carbocycles. The smallest absolute Gasteiger partial charge is 0.336 e. The first-order valence-electron chi connectivity index (χ1n) is 11.6. The molecule has 2 heterocycles. The number of esters is 4. The molecule has 1 saturated heterocycles. The summed E-state index contributed by atoms with van der Waals surface area (Å²) < 4.78 is 38.3. The van der Waals surface area contributed by atoms with Crippen LogP contribution in [0.15, 0.2) is 27.4 Å². The second kappa shape index (κ2) is 12.3. The van der Waals surface area contributed by atoms with E-state index in [2.05, 4.69) is 0 Å². The molecular weight excluding hydrogens is 528 g/mol. The Labute approximate surface area is 222 Å². The molecule has 0 amide bonds. The van der Waals surface area contributed by atoms with Crippen molar-refractivity contribution in [2.45, 2.75) is 71.7 Å². The van der Waals surface area contributed by atoms with Crippen molar-refractivity contribution in [1.82, 2.24) is 0 Å². The first-order chi connectivity index (χ1) is 17.9. The van der Waals surface area contributed by atoms with E-state index in [0.717, 1.165) is 27.7 Å². The van der Waals surface area contributed by atoms with Crippen LogP contribution in [-0.4, -0.2) is 61.2 Å². The summed E-state index contributed by atoms with van der Waals surface area (Å²) in [5, 5.41) is 0.694. The van der Waals surface area contributed by atoms with Gasteiger partial charge in [0.1, 0.15) is 24.0 Å². The van der Waals surface area contributed by atoms with E-state index in [1.54, 1.807) is 6.07 Å². The largest absolute Gasteiger partial charge is 0.463 e. The van der Waals surface area contributed by atoms with Gasteiger partial charge >= 0.3 is 29.5 Å². The molecule has 1 aliphatic heterocycles. The fraction of sp³-hybridized carbons (Fsp3) is 0.480. The van der Waals surface area contributed by atoms with Crippen molar-refractivity contribution in [3.63, 3.8) is 0 Å². The van der Waals surface area contributed by atoms with Crippen LogP contribution in [0.2, 0.25) is 5.02 Å². The molecule has 0 spiro atoms. The Bertz CT molecular complexity index is 1290. The van der Waals surface area contributed by atoms with E-state index in [9.17, 15) is 24.0 Å². The van der Waals surface area contributed by atoms with Gasteiger partial charge in [-0.2, -0.15) is 0 Å². The van der Waals surface area contributed by atoms with Crippen molar-refractivity contribution in [2.75, 3.05) is 6.61 Å². The summed E-state index contributed by atoms with van der Waals surface area (Å²) in [6.07, 6.45) is -6.35. The normalized spacial score (nSPS) is 22.8. The minimum Gasteiger partial charge on any atom is -0.463 e. The lowest BCUT2D eigenvalue weighted by atomic mass is 9.98. The molecular formula is C25H27ClO12. The first-order valence-corrected chi connectivity index (χ1v) is 12.0. The molecule has 1 fully saturated rings. The highest BCUT2D eigenvalue weighted by Crippen LogP contribution is 2.36. The van der Waals surface area contributed by atoms with E-state index in [1.165, 1.54) is 12.1 Å². The zero-order chi connectivity index (χ0) is 28.1. The van der Waals surface area contributed by atoms with Crippen LogP contribution < -0.4 is 10.4 Å². The maximum Gasteiger partial charge on any atom is 0.336 e. The molecule has 3 rings (SSSR count). The number of rotatable bonds is 8. The van der Waals surface area contributed by atoms with Crippen LogP contribution in [0, 0.1) is 0 Å². The number of aryl methyl sites for hydroxylation is 1. The molecule has 1 aromatic carbocycles. The Hall–Kier alpha value is -3.64. The molecule has 0 saturated carbocycles. The summed E-state index contributed by atoms with van der Waals surface area (Å²) >= 11 is 6.47. The van der Waals surface area contributed by atoms with E-state index in [1.807, 2.05) is 6.92 Å². The van der Waals surface area contributed by atoms with Gasteiger partial charge in [0.25, 0.3) is 0 Å². The molecule has 38 heavy (non-hydrogen) atoms. The number of hydrogen-bond acceptors (Lipinski definition) is 12. The van der Waals surface area contributed by atoms with E-state index < -0.39 is 66.8 Å². The molecule has 206 valence electrons. The lowest BCUT2D eigenvalue weighted by molar-refractivity contribution is -0.288. The second-order valence-corrected chi connectivity index (χ2v) is 8.82. The van der Waals surface area contributed by atoms with Gasteiger partial charge in [-0.3, -0.25) is 19.2 Å². The van der Waals surface area contributed by atoms with E-state index in [0.29, 0.717) is 17.4 Å². The number of fused-ring (bicyclic) bond motifs is 1. The fourth-order valence-corrected chi connectivity index (χ4v) is 4.23. The number of benzene rings is 1. The van der Waals surface area contributed by atoms with E-state index in [4.69, 9.17) is 44.4 Å². The molecule has 1 aliphatic rings.